The van der Waals surface area contributed by atoms with Gasteiger partial charge in [0.1, 0.15) is 0 Å². The first kappa shape index (κ1) is 21.9. The van der Waals surface area contributed by atoms with Gasteiger partial charge in [0, 0.05) is 5.56 Å². The Morgan fingerprint density at radius 2 is 1.87 bits per heavy atom. The SMILES string of the molecule is CCCOc1c(Cl)cc(/C=C2\N=C(c3ccc(C(C)C)cc3)OC2=O)cc1OCC. The van der Waals surface area contributed by atoms with Gasteiger partial charge in [0.15, 0.2) is 17.2 Å². The Morgan fingerprint density at radius 3 is 2.50 bits per heavy atom. The number of halogens is 1. The summed E-state index contributed by atoms with van der Waals surface area (Å²) in [6.45, 7) is 9.17. The second-order valence-corrected chi connectivity index (χ2v) is 7.63. The van der Waals surface area contributed by atoms with E-state index >= 15 is 0 Å². The summed E-state index contributed by atoms with van der Waals surface area (Å²) in [4.78, 5) is 16.7. The molecule has 0 bridgehead atoms. The van der Waals surface area contributed by atoms with E-state index in [0.29, 0.717) is 47.1 Å². The molecule has 0 radical (unpaired) electrons. The zero-order valence-electron chi connectivity index (χ0n) is 17.7. The van der Waals surface area contributed by atoms with Gasteiger partial charge in [-0.15, -0.1) is 0 Å². The van der Waals surface area contributed by atoms with Gasteiger partial charge in [-0.05, 0) is 60.7 Å². The zero-order valence-corrected chi connectivity index (χ0v) is 18.5. The molecule has 158 valence electrons. The van der Waals surface area contributed by atoms with Crippen LogP contribution in [-0.4, -0.2) is 25.1 Å². The first-order valence-corrected chi connectivity index (χ1v) is 10.5. The number of hydrogen-bond acceptors (Lipinski definition) is 5. The topological polar surface area (TPSA) is 57.1 Å². The summed E-state index contributed by atoms with van der Waals surface area (Å²) in [5.41, 5.74) is 2.86. The minimum Gasteiger partial charge on any atom is -0.490 e. The van der Waals surface area contributed by atoms with Gasteiger partial charge in [-0.25, -0.2) is 9.79 Å². The number of ether oxygens (including phenoxy) is 3. The molecule has 5 nitrogen and oxygen atoms in total. The van der Waals surface area contributed by atoms with Crippen molar-refractivity contribution < 1.29 is 19.0 Å². The maximum Gasteiger partial charge on any atom is 0.363 e. The maximum absolute atomic E-state index is 12.3. The fourth-order valence-corrected chi connectivity index (χ4v) is 3.25. The van der Waals surface area contributed by atoms with Crippen LogP contribution in [-0.2, 0) is 9.53 Å². The summed E-state index contributed by atoms with van der Waals surface area (Å²) in [5, 5.41) is 0.418. The van der Waals surface area contributed by atoms with Gasteiger partial charge in [-0.1, -0.05) is 44.5 Å². The summed E-state index contributed by atoms with van der Waals surface area (Å²) in [6.07, 6.45) is 2.49. The Balaban J connectivity index is 1.90. The molecular weight excluding hydrogens is 402 g/mol. The third-order valence-corrected chi connectivity index (χ3v) is 4.81. The van der Waals surface area contributed by atoms with Gasteiger partial charge < -0.3 is 14.2 Å². The van der Waals surface area contributed by atoms with Crippen molar-refractivity contribution in [3.05, 3.63) is 63.8 Å². The second-order valence-electron chi connectivity index (χ2n) is 7.22. The second kappa shape index (κ2) is 9.81. The van der Waals surface area contributed by atoms with E-state index in [-0.39, 0.29) is 5.70 Å². The number of rotatable bonds is 8. The number of hydrogen-bond donors (Lipinski definition) is 0. The van der Waals surface area contributed by atoms with Gasteiger partial charge in [0.2, 0.25) is 5.90 Å². The number of cyclic esters (lactones) is 1. The molecule has 30 heavy (non-hydrogen) atoms. The average molecular weight is 428 g/mol. The van der Waals surface area contributed by atoms with Crippen LogP contribution in [0.5, 0.6) is 11.5 Å². The van der Waals surface area contributed by atoms with Crippen LogP contribution in [0.2, 0.25) is 5.02 Å². The van der Waals surface area contributed by atoms with Crippen molar-refractivity contribution in [1.82, 2.24) is 0 Å². The molecule has 1 aliphatic rings. The van der Waals surface area contributed by atoms with Gasteiger partial charge in [-0.3, -0.25) is 0 Å². The number of esters is 1. The highest BCUT2D eigenvalue weighted by molar-refractivity contribution is 6.32. The number of nitrogens with zero attached hydrogens (tertiary/aromatic N) is 1. The molecule has 0 amide bonds. The molecule has 6 heteroatoms. The van der Waals surface area contributed by atoms with Crippen molar-refractivity contribution in [2.24, 2.45) is 4.99 Å². The number of carbonyl (C=O) groups is 1. The predicted molar refractivity (Wildman–Crippen MR) is 120 cm³/mol. The summed E-state index contributed by atoms with van der Waals surface area (Å²) in [7, 11) is 0. The lowest BCUT2D eigenvalue weighted by Crippen LogP contribution is -2.05. The fraction of sp³-hybridized carbons (Fsp3) is 0.333. The van der Waals surface area contributed by atoms with Gasteiger partial charge >= 0.3 is 5.97 Å². The summed E-state index contributed by atoms with van der Waals surface area (Å²) in [5.74, 6) is 1.26. The number of benzene rings is 2. The third-order valence-electron chi connectivity index (χ3n) is 4.53. The number of carbonyl (C=O) groups excluding carboxylic acids is 1. The first-order chi connectivity index (χ1) is 14.4. The molecule has 1 aliphatic heterocycles. The van der Waals surface area contributed by atoms with E-state index in [1.807, 2.05) is 38.1 Å². The normalized spacial score (nSPS) is 14.8. The van der Waals surface area contributed by atoms with Crippen molar-refractivity contribution in [2.45, 2.75) is 40.0 Å². The summed E-state index contributed by atoms with van der Waals surface area (Å²) >= 11 is 6.41. The smallest absolute Gasteiger partial charge is 0.363 e. The highest BCUT2D eigenvalue weighted by Gasteiger charge is 2.24. The van der Waals surface area contributed by atoms with Crippen LogP contribution < -0.4 is 9.47 Å². The summed E-state index contributed by atoms with van der Waals surface area (Å²) < 4.78 is 16.8. The average Bonchev–Trinajstić information content (AvgIpc) is 3.08. The van der Waals surface area contributed by atoms with Gasteiger partial charge in [-0.2, -0.15) is 0 Å². The van der Waals surface area contributed by atoms with E-state index in [0.717, 1.165) is 12.0 Å². The van der Waals surface area contributed by atoms with E-state index in [1.165, 1.54) is 5.56 Å². The first-order valence-electron chi connectivity index (χ1n) is 10.1. The molecule has 0 spiro atoms. The van der Waals surface area contributed by atoms with Crippen LogP contribution in [0.4, 0.5) is 0 Å². The highest BCUT2D eigenvalue weighted by Crippen LogP contribution is 2.37. The Kier molecular flexibility index (Phi) is 7.16. The van der Waals surface area contributed by atoms with Crippen molar-refractivity contribution >= 4 is 29.5 Å². The largest absolute Gasteiger partial charge is 0.490 e. The van der Waals surface area contributed by atoms with Gasteiger partial charge in [0.25, 0.3) is 0 Å². The van der Waals surface area contributed by atoms with E-state index < -0.39 is 5.97 Å². The van der Waals surface area contributed by atoms with E-state index in [4.69, 9.17) is 25.8 Å². The maximum atomic E-state index is 12.3. The minimum atomic E-state index is -0.502. The fourth-order valence-electron chi connectivity index (χ4n) is 2.98. The Hall–Kier alpha value is -2.79. The molecule has 1 heterocycles. The Morgan fingerprint density at radius 1 is 1.13 bits per heavy atom. The molecule has 3 rings (SSSR count). The highest BCUT2D eigenvalue weighted by atomic mass is 35.5. The van der Waals surface area contributed by atoms with Crippen molar-refractivity contribution in [3.63, 3.8) is 0 Å². The van der Waals surface area contributed by atoms with E-state index in [9.17, 15) is 4.79 Å². The van der Waals surface area contributed by atoms with Crippen LogP contribution in [0.15, 0.2) is 47.1 Å². The van der Waals surface area contributed by atoms with Crippen molar-refractivity contribution in [3.8, 4) is 11.5 Å². The quantitative estimate of drug-likeness (QED) is 0.383. The van der Waals surface area contributed by atoms with Crippen LogP contribution in [0, 0.1) is 0 Å². The van der Waals surface area contributed by atoms with Gasteiger partial charge in [0.05, 0.1) is 18.2 Å². The molecule has 0 unspecified atom stereocenters. The van der Waals surface area contributed by atoms with Crippen LogP contribution >= 0.6 is 11.6 Å². The van der Waals surface area contributed by atoms with Crippen LogP contribution in [0.1, 0.15) is 56.7 Å². The lowest BCUT2D eigenvalue weighted by Gasteiger charge is -2.14. The zero-order chi connectivity index (χ0) is 21.7. The summed E-state index contributed by atoms with van der Waals surface area (Å²) in [6, 6.07) is 11.4. The van der Waals surface area contributed by atoms with Crippen molar-refractivity contribution in [1.29, 1.82) is 0 Å². The lowest BCUT2D eigenvalue weighted by molar-refractivity contribution is -0.129. The van der Waals surface area contributed by atoms with E-state index in [1.54, 1.807) is 18.2 Å². The molecule has 0 atom stereocenters. The molecule has 0 saturated carbocycles. The Labute approximate surface area is 182 Å². The van der Waals surface area contributed by atoms with Crippen molar-refractivity contribution in [2.75, 3.05) is 13.2 Å². The Bertz CT molecular complexity index is 977. The molecule has 2 aromatic rings. The number of aliphatic imine (C=N–C) groups is 1. The predicted octanol–water partition coefficient (Wildman–Crippen LogP) is 6.00. The molecule has 0 aliphatic carbocycles. The molecular formula is C24H26ClNO4. The third kappa shape index (κ3) is 5.03. The minimum absolute atomic E-state index is 0.207. The van der Waals surface area contributed by atoms with Crippen LogP contribution in [0.3, 0.4) is 0 Å². The molecule has 2 aromatic carbocycles. The lowest BCUT2D eigenvalue weighted by atomic mass is 10.0. The molecule has 0 aromatic heterocycles. The monoisotopic (exact) mass is 427 g/mol. The van der Waals surface area contributed by atoms with E-state index in [2.05, 4.69) is 18.8 Å². The molecule has 0 fully saturated rings. The van der Waals surface area contributed by atoms with Crippen LogP contribution in [0.25, 0.3) is 6.08 Å². The molecule has 0 saturated heterocycles. The molecule has 0 N–H and O–H groups in total. The standard InChI is InChI=1S/C24H26ClNO4/c1-5-11-29-22-19(25)12-16(14-21(22)28-6-2)13-20-24(27)30-23(26-20)18-9-7-17(8-10-18)15(3)4/h7-10,12-15H,5-6,11H2,1-4H3/b20-13-.